The second-order valence-corrected chi connectivity index (χ2v) is 4.05. The number of nitrogens with two attached hydrogens (primary N) is 1. The van der Waals surface area contributed by atoms with Gasteiger partial charge in [0.15, 0.2) is 0 Å². The number of carbonyl (C=O) groups excluding carboxylic acids is 1. The third-order valence-corrected chi connectivity index (χ3v) is 2.83. The number of hydrogen-bond donors (Lipinski definition) is 2. The van der Waals surface area contributed by atoms with Crippen molar-refractivity contribution in [2.75, 3.05) is 6.54 Å². The maximum Gasteiger partial charge on any atom is 0.240 e. The number of amides is 1. The topological polar surface area (TPSA) is 55.1 Å². The van der Waals surface area contributed by atoms with E-state index < -0.39 is 5.54 Å². The molecule has 1 amide bonds. The summed E-state index contributed by atoms with van der Waals surface area (Å²) < 4.78 is 0. The molecular weight excluding hydrogens is 176 g/mol. The highest BCUT2D eigenvalue weighted by atomic mass is 16.2. The van der Waals surface area contributed by atoms with Crippen LogP contribution >= 0.6 is 0 Å². The van der Waals surface area contributed by atoms with Gasteiger partial charge in [-0.3, -0.25) is 4.79 Å². The molecule has 0 radical (unpaired) electrons. The van der Waals surface area contributed by atoms with Crippen molar-refractivity contribution in [3.8, 4) is 0 Å². The number of nitrogens with one attached hydrogen (secondary N) is 1. The first-order valence-corrected chi connectivity index (χ1v) is 5.37. The van der Waals surface area contributed by atoms with Gasteiger partial charge in [-0.25, -0.2) is 0 Å². The summed E-state index contributed by atoms with van der Waals surface area (Å²) in [5, 5.41) is 2.86. The predicted octanol–water partition coefficient (Wildman–Crippen LogP) is 1.34. The van der Waals surface area contributed by atoms with Crippen LogP contribution in [0.25, 0.3) is 0 Å². The van der Waals surface area contributed by atoms with Gasteiger partial charge in [0, 0.05) is 6.54 Å². The molecule has 0 saturated heterocycles. The second-order valence-electron chi connectivity index (χ2n) is 4.05. The summed E-state index contributed by atoms with van der Waals surface area (Å²) in [4.78, 5) is 11.7. The average molecular weight is 196 g/mol. The number of carbonyl (C=O) groups is 1. The molecule has 1 fully saturated rings. The molecule has 1 aliphatic rings. The lowest BCUT2D eigenvalue weighted by molar-refractivity contribution is -0.127. The van der Waals surface area contributed by atoms with Crippen LogP contribution in [-0.2, 0) is 4.79 Å². The molecule has 1 aliphatic carbocycles. The first-order chi connectivity index (χ1) is 6.69. The normalized spacial score (nSPS) is 20.1. The highest BCUT2D eigenvalue weighted by Crippen LogP contribution is 2.25. The molecule has 0 spiro atoms. The summed E-state index contributed by atoms with van der Waals surface area (Å²) in [6.07, 6.45) is 7.61. The molecule has 0 unspecified atom stereocenters. The molecule has 0 aromatic rings. The van der Waals surface area contributed by atoms with Gasteiger partial charge in [0.1, 0.15) is 0 Å². The van der Waals surface area contributed by atoms with Gasteiger partial charge in [0.05, 0.1) is 5.54 Å². The average Bonchev–Trinajstić information content (AvgIpc) is 2.19. The Morgan fingerprint density at radius 1 is 1.43 bits per heavy atom. The van der Waals surface area contributed by atoms with Crippen molar-refractivity contribution in [2.24, 2.45) is 5.73 Å². The Hall–Kier alpha value is -0.830. The molecule has 0 atom stereocenters. The van der Waals surface area contributed by atoms with E-state index >= 15 is 0 Å². The van der Waals surface area contributed by atoms with Gasteiger partial charge in [-0.05, 0) is 19.3 Å². The quantitative estimate of drug-likeness (QED) is 0.526. The summed E-state index contributed by atoms with van der Waals surface area (Å²) in [6.45, 7) is 4.26. The smallest absolute Gasteiger partial charge is 0.240 e. The van der Waals surface area contributed by atoms with Crippen LogP contribution in [0.4, 0.5) is 0 Å². The van der Waals surface area contributed by atoms with Crippen molar-refractivity contribution in [3.05, 3.63) is 12.7 Å². The third kappa shape index (κ3) is 2.84. The van der Waals surface area contributed by atoms with E-state index in [0.29, 0.717) is 6.54 Å². The van der Waals surface area contributed by atoms with Crippen LogP contribution in [0.1, 0.15) is 38.5 Å². The van der Waals surface area contributed by atoms with Crippen molar-refractivity contribution < 1.29 is 4.79 Å². The second kappa shape index (κ2) is 5.15. The van der Waals surface area contributed by atoms with Gasteiger partial charge < -0.3 is 11.1 Å². The Morgan fingerprint density at radius 3 is 2.64 bits per heavy atom. The zero-order valence-corrected chi connectivity index (χ0v) is 8.72. The first-order valence-electron chi connectivity index (χ1n) is 5.37. The fourth-order valence-electron chi connectivity index (χ4n) is 1.87. The predicted molar refractivity (Wildman–Crippen MR) is 57.8 cm³/mol. The summed E-state index contributed by atoms with van der Waals surface area (Å²) in [7, 11) is 0. The van der Waals surface area contributed by atoms with E-state index in [1.165, 1.54) is 6.42 Å². The summed E-state index contributed by atoms with van der Waals surface area (Å²) in [6, 6.07) is 0. The molecular formula is C11H20N2O. The van der Waals surface area contributed by atoms with E-state index in [1.807, 2.05) is 0 Å². The van der Waals surface area contributed by atoms with Crippen molar-refractivity contribution in [1.82, 2.24) is 5.32 Å². The lowest BCUT2D eigenvalue weighted by atomic mass is 9.82. The molecule has 0 aromatic carbocycles. The molecule has 3 nitrogen and oxygen atoms in total. The Balaban J connectivity index is 2.36. The van der Waals surface area contributed by atoms with E-state index in [9.17, 15) is 4.79 Å². The Morgan fingerprint density at radius 2 is 2.07 bits per heavy atom. The first kappa shape index (κ1) is 11.2. The van der Waals surface area contributed by atoms with Gasteiger partial charge in [-0.15, -0.1) is 6.58 Å². The van der Waals surface area contributed by atoms with Crippen molar-refractivity contribution in [1.29, 1.82) is 0 Å². The molecule has 0 aromatic heterocycles. The minimum Gasteiger partial charge on any atom is -0.354 e. The van der Waals surface area contributed by atoms with Gasteiger partial charge >= 0.3 is 0 Å². The standard InChI is InChI=1S/C11H20N2O/c1-2-3-9-13-10(14)11(12)7-5-4-6-8-11/h2H,1,3-9,12H2,(H,13,14). The van der Waals surface area contributed by atoms with Crippen LogP contribution in [0.15, 0.2) is 12.7 Å². The Kier molecular flexibility index (Phi) is 4.14. The van der Waals surface area contributed by atoms with Gasteiger partial charge in [-0.2, -0.15) is 0 Å². The molecule has 80 valence electrons. The maximum atomic E-state index is 11.7. The summed E-state index contributed by atoms with van der Waals surface area (Å²) in [5.41, 5.74) is 5.45. The fourth-order valence-corrected chi connectivity index (χ4v) is 1.87. The van der Waals surface area contributed by atoms with E-state index in [4.69, 9.17) is 5.73 Å². The van der Waals surface area contributed by atoms with Crippen molar-refractivity contribution >= 4 is 5.91 Å². The monoisotopic (exact) mass is 196 g/mol. The molecule has 0 bridgehead atoms. The molecule has 3 heteroatoms. The van der Waals surface area contributed by atoms with Crippen LogP contribution in [0.5, 0.6) is 0 Å². The fraction of sp³-hybridized carbons (Fsp3) is 0.727. The zero-order valence-electron chi connectivity index (χ0n) is 8.72. The Bertz CT molecular complexity index is 207. The van der Waals surface area contributed by atoms with E-state index in [2.05, 4.69) is 11.9 Å². The lowest BCUT2D eigenvalue weighted by Crippen LogP contribution is -2.55. The van der Waals surface area contributed by atoms with Gasteiger partial charge in [0.2, 0.25) is 5.91 Å². The molecule has 14 heavy (non-hydrogen) atoms. The molecule has 0 aliphatic heterocycles. The molecule has 1 saturated carbocycles. The lowest BCUT2D eigenvalue weighted by Gasteiger charge is -2.31. The minimum absolute atomic E-state index is 0.0130. The van der Waals surface area contributed by atoms with Crippen LogP contribution in [0, 0.1) is 0 Å². The maximum absolute atomic E-state index is 11.7. The van der Waals surface area contributed by atoms with Crippen LogP contribution in [-0.4, -0.2) is 18.0 Å². The molecule has 1 rings (SSSR count). The molecule has 3 N–H and O–H groups in total. The highest BCUT2D eigenvalue weighted by Gasteiger charge is 2.34. The van der Waals surface area contributed by atoms with E-state index in [1.54, 1.807) is 6.08 Å². The minimum atomic E-state index is -0.598. The molecule has 0 heterocycles. The van der Waals surface area contributed by atoms with Crippen LogP contribution < -0.4 is 11.1 Å². The highest BCUT2D eigenvalue weighted by molar-refractivity contribution is 5.86. The summed E-state index contributed by atoms with van der Waals surface area (Å²) >= 11 is 0. The van der Waals surface area contributed by atoms with E-state index in [0.717, 1.165) is 32.1 Å². The van der Waals surface area contributed by atoms with E-state index in [-0.39, 0.29) is 5.91 Å². The van der Waals surface area contributed by atoms with Crippen molar-refractivity contribution in [3.63, 3.8) is 0 Å². The number of rotatable bonds is 4. The van der Waals surface area contributed by atoms with Gasteiger partial charge in [0.25, 0.3) is 0 Å². The number of hydrogen-bond acceptors (Lipinski definition) is 2. The SMILES string of the molecule is C=CCCNC(=O)C1(N)CCCCC1. The third-order valence-electron chi connectivity index (χ3n) is 2.83. The summed E-state index contributed by atoms with van der Waals surface area (Å²) in [5.74, 6) is 0.0130. The zero-order chi connectivity index (χ0) is 10.4. The van der Waals surface area contributed by atoms with Crippen molar-refractivity contribution in [2.45, 2.75) is 44.1 Å². The van der Waals surface area contributed by atoms with Crippen LogP contribution in [0.3, 0.4) is 0 Å². The van der Waals surface area contributed by atoms with Crippen LogP contribution in [0.2, 0.25) is 0 Å². The Labute approximate surface area is 85.7 Å². The van der Waals surface area contributed by atoms with Gasteiger partial charge in [-0.1, -0.05) is 25.3 Å². The largest absolute Gasteiger partial charge is 0.354 e.